The molecule has 4 aromatic rings. The highest BCUT2D eigenvalue weighted by molar-refractivity contribution is 6.30. The molecule has 3 heterocycles. The monoisotopic (exact) mass is 476 g/mol. The quantitative estimate of drug-likeness (QED) is 0.384. The van der Waals surface area contributed by atoms with Crippen LogP contribution in [0.25, 0.3) is 17.0 Å². The minimum Gasteiger partial charge on any atom is -0.497 e. The van der Waals surface area contributed by atoms with Crippen LogP contribution in [0.15, 0.2) is 81.6 Å². The van der Waals surface area contributed by atoms with Gasteiger partial charge in [0.25, 0.3) is 5.89 Å². The summed E-state index contributed by atoms with van der Waals surface area (Å²) in [6.07, 6.45) is 1.57. The smallest absolute Gasteiger partial charge is 0.322 e. The van der Waals surface area contributed by atoms with E-state index in [1.807, 2.05) is 49.4 Å². The number of halogens is 1. The lowest BCUT2D eigenvalue weighted by Gasteiger charge is -2.34. The van der Waals surface area contributed by atoms with E-state index in [0.717, 1.165) is 11.1 Å². The van der Waals surface area contributed by atoms with E-state index >= 15 is 0 Å². The second kappa shape index (κ2) is 9.07. The van der Waals surface area contributed by atoms with Gasteiger partial charge in [0.15, 0.2) is 0 Å². The molecule has 0 saturated carbocycles. The molecule has 8 nitrogen and oxygen atoms in total. The summed E-state index contributed by atoms with van der Waals surface area (Å²) in [5.41, 5.74) is 2.91. The number of methoxy groups -OCH3 is 1. The second-order valence-corrected chi connectivity index (χ2v) is 8.19. The van der Waals surface area contributed by atoms with E-state index < -0.39 is 6.04 Å². The summed E-state index contributed by atoms with van der Waals surface area (Å²) in [5, 5.41) is 7.80. The Labute approximate surface area is 200 Å². The maximum atomic E-state index is 13.1. The van der Waals surface area contributed by atoms with Crippen molar-refractivity contribution in [3.63, 3.8) is 0 Å². The molecule has 34 heavy (non-hydrogen) atoms. The van der Waals surface area contributed by atoms with Gasteiger partial charge in [0.2, 0.25) is 5.82 Å². The minimum atomic E-state index is -0.525. The maximum Gasteiger partial charge on any atom is 0.322 e. The number of carbonyl (C=O) groups excluding carboxylic acids is 1. The summed E-state index contributed by atoms with van der Waals surface area (Å²) >= 11 is 6.14. The Morgan fingerprint density at radius 2 is 2.00 bits per heavy atom. The molecule has 0 aliphatic carbocycles. The number of aromatic nitrogens is 2. The van der Waals surface area contributed by atoms with Crippen molar-refractivity contribution in [2.75, 3.05) is 7.11 Å². The van der Waals surface area contributed by atoms with Crippen LogP contribution in [0.1, 0.15) is 30.2 Å². The molecule has 1 unspecified atom stereocenters. The van der Waals surface area contributed by atoms with Crippen molar-refractivity contribution in [2.45, 2.75) is 19.5 Å². The van der Waals surface area contributed by atoms with Crippen molar-refractivity contribution < 1.29 is 18.5 Å². The molecule has 0 fully saturated rings. The lowest BCUT2D eigenvalue weighted by atomic mass is 9.94. The number of ether oxygens (including phenoxy) is 1. The average molecular weight is 477 g/mol. The fourth-order valence-corrected chi connectivity index (χ4v) is 4.15. The van der Waals surface area contributed by atoms with E-state index in [4.69, 9.17) is 25.3 Å². The minimum absolute atomic E-state index is 0.258. The first-order valence-corrected chi connectivity index (χ1v) is 11.0. The largest absolute Gasteiger partial charge is 0.497 e. The number of rotatable bonds is 6. The lowest BCUT2D eigenvalue weighted by Crippen LogP contribution is -2.45. The zero-order valence-corrected chi connectivity index (χ0v) is 19.2. The first-order chi connectivity index (χ1) is 16.5. The Morgan fingerprint density at radius 3 is 2.76 bits per heavy atom. The molecule has 0 radical (unpaired) electrons. The number of amides is 2. The number of furan rings is 1. The van der Waals surface area contributed by atoms with E-state index in [1.54, 1.807) is 36.5 Å². The molecule has 2 aromatic heterocycles. The molecule has 5 rings (SSSR count). The highest BCUT2D eigenvalue weighted by Gasteiger charge is 2.36. The van der Waals surface area contributed by atoms with Gasteiger partial charge < -0.3 is 19.0 Å². The molecule has 2 aromatic carbocycles. The first-order valence-electron chi connectivity index (χ1n) is 10.6. The van der Waals surface area contributed by atoms with Gasteiger partial charge in [-0.3, -0.25) is 4.90 Å². The van der Waals surface area contributed by atoms with Crippen LogP contribution in [0.4, 0.5) is 4.79 Å². The molecule has 1 N–H and O–H groups in total. The average Bonchev–Trinajstić information content (AvgIpc) is 3.54. The van der Waals surface area contributed by atoms with Gasteiger partial charge in [0, 0.05) is 16.3 Å². The number of nitrogens with zero attached hydrogens (tertiary/aromatic N) is 3. The van der Waals surface area contributed by atoms with E-state index in [0.29, 0.717) is 39.5 Å². The number of nitrogens with one attached hydrogen (secondary N) is 1. The molecule has 0 bridgehead atoms. The standard InChI is InChI=1S/C25H21ClN4O4/c1-15-21(24-28-23(29-34-24)17-7-3-8-18(26)12-17)22(16-6-4-9-19(13-16)32-2)27-25(31)30(15)14-20-10-5-11-33-20/h3-13,22H,14H2,1-2H3,(H,27,31). The van der Waals surface area contributed by atoms with Crippen LogP contribution in [-0.2, 0) is 6.54 Å². The fraction of sp³-hybridized carbons (Fsp3) is 0.160. The Bertz CT molecular complexity index is 1360. The van der Waals surface area contributed by atoms with Crippen molar-refractivity contribution >= 4 is 23.2 Å². The van der Waals surface area contributed by atoms with E-state index in [9.17, 15) is 4.79 Å². The third-order valence-corrected chi connectivity index (χ3v) is 5.89. The Balaban J connectivity index is 1.61. The van der Waals surface area contributed by atoms with Gasteiger partial charge >= 0.3 is 6.03 Å². The van der Waals surface area contributed by atoms with Gasteiger partial charge in [-0.05, 0) is 48.9 Å². The van der Waals surface area contributed by atoms with E-state index in [2.05, 4.69) is 15.5 Å². The number of carbonyl (C=O) groups is 1. The normalized spacial score (nSPS) is 16.0. The topological polar surface area (TPSA) is 93.6 Å². The maximum absolute atomic E-state index is 13.1. The van der Waals surface area contributed by atoms with Crippen molar-refractivity contribution in [1.82, 2.24) is 20.4 Å². The van der Waals surface area contributed by atoms with Crippen LogP contribution in [0.3, 0.4) is 0 Å². The number of urea groups is 1. The molecule has 1 aliphatic rings. The summed E-state index contributed by atoms with van der Waals surface area (Å²) < 4.78 is 16.6. The van der Waals surface area contributed by atoms with E-state index in [1.165, 1.54) is 0 Å². The van der Waals surface area contributed by atoms with Gasteiger partial charge in [-0.2, -0.15) is 4.98 Å². The second-order valence-electron chi connectivity index (χ2n) is 7.76. The number of hydrogen-bond donors (Lipinski definition) is 1. The lowest BCUT2D eigenvalue weighted by molar-refractivity contribution is 0.199. The summed E-state index contributed by atoms with van der Waals surface area (Å²) in [5.74, 6) is 2.02. The van der Waals surface area contributed by atoms with Crippen LogP contribution in [0, 0.1) is 0 Å². The highest BCUT2D eigenvalue weighted by Crippen LogP contribution is 2.38. The van der Waals surface area contributed by atoms with Gasteiger partial charge in [0.05, 0.1) is 31.5 Å². The molecule has 0 spiro atoms. The molecule has 172 valence electrons. The molecular weight excluding hydrogens is 456 g/mol. The Kier molecular flexibility index (Phi) is 5.81. The molecule has 2 amide bonds. The van der Waals surface area contributed by atoms with Crippen LogP contribution in [0.5, 0.6) is 5.75 Å². The zero-order valence-electron chi connectivity index (χ0n) is 18.5. The molecule has 1 aliphatic heterocycles. The zero-order chi connectivity index (χ0) is 23.7. The van der Waals surface area contributed by atoms with Crippen molar-refractivity contribution in [1.29, 1.82) is 0 Å². The summed E-state index contributed by atoms with van der Waals surface area (Å²) in [7, 11) is 1.60. The predicted molar refractivity (Wildman–Crippen MR) is 126 cm³/mol. The third kappa shape index (κ3) is 4.15. The fourth-order valence-electron chi connectivity index (χ4n) is 3.96. The van der Waals surface area contributed by atoms with Gasteiger partial charge in [-0.25, -0.2) is 4.79 Å². The van der Waals surface area contributed by atoms with Gasteiger partial charge in [0.1, 0.15) is 11.5 Å². The Morgan fingerprint density at radius 1 is 1.15 bits per heavy atom. The molecule has 0 saturated heterocycles. The third-order valence-electron chi connectivity index (χ3n) is 5.66. The van der Waals surface area contributed by atoms with Crippen molar-refractivity contribution in [3.8, 4) is 17.1 Å². The van der Waals surface area contributed by atoms with Crippen LogP contribution in [0.2, 0.25) is 5.02 Å². The molecular formula is C25H21ClN4O4. The SMILES string of the molecule is COc1cccc(C2NC(=O)N(Cc3ccco3)C(C)=C2c2nc(-c3cccc(Cl)c3)no2)c1. The van der Waals surface area contributed by atoms with Gasteiger partial charge in [-0.15, -0.1) is 0 Å². The molecule has 9 heteroatoms. The van der Waals surface area contributed by atoms with Crippen LogP contribution < -0.4 is 10.1 Å². The Hall–Kier alpha value is -4.04. The number of allylic oxidation sites excluding steroid dienone is 1. The first kappa shape index (κ1) is 21.8. The predicted octanol–water partition coefficient (Wildman–Crippen LogP) is 5.69. The summed E-state index contributed by atoms with van der Waals surface area (Å²) in [6, 6.07) is 17.5. The van der Waals surface area contributed by atoms with Crippen molar-refractivity contribution in [3.05, 3.63) is 94.9 Å². The number of benzene rings is 2. The van der Waals surface area contributed by atoms with Gasteiger partial charge in [-0.1, -0.05) is 41.0 Å². The van der Waals surface area contributed by atoms with Crippen molar-refractivity contribution in [2.24, 2.45) is 0 Å². The molecule has 1 atom stereocenters. The van der Waals surface area contributed by atoms with Crippen LogP contribution in [-0.4, -0.2) is 28.2 Å². The summed E-state index contributed by atoms with van der Waals surface area (Å²) in [4.78, 5) is 19.4. The number of hydrogen-bond acceptors (Lipinski definition) is 6. The highest BCUT2D eigenvalue weighted by atomic mass is 35.5. The van der Waals surface area contributed by atoms with E-state index in [-0.39, 0.29) is 12.6 Å². The summed E-state index contributed by atoms with van der Waals surface area (Å²) in [6.45, 7) is 2.11. The van der Waals surface area contributed by atoms with Crippen LogP contribution >= 0.6 is 11.6 Å².